The second kappa shape index (κ2) is 4.42. The van der Waals surface area contributed by atoms with Crippen LogP contribution in [0.5, 0.6) is 5.75 Å². The van der Waals surface area contributed by atoms with Crippen molar-refractivity contribution in [3.63, 3.8) is 0 Å². The van der Waals surface area contributed by atoms with Crippen LogP contribution in [0.1, 0.15) is 30.4 Å². The van der Waals surface area contributed by atoms with Crippen LogP contribution in [0.15, 0.2) is 12.1 Å². The molecule has 3 heteroatoms. The Labute approximate surface area is 83.6 Å². The lowest BCUT2D eigenvalue weighted by atomic mass is 9.95. The van der Waals surface area contributed by atoms with Gasteiger partial charge in [-0.05, 0) is 49.1 Å². The highest BCUT2D eigenvalue weighted by molar-refractivity contribution is 5.39. The standard InChI is InChI=1S/C11H16FNO/c1-7(3-4-13)9-6-10(12)8(2)5-11(9)14/h5-7,14H,3-4,13H2,1-2H3. The average molecular weight is 197 g/mol. The minimum atomic E-state index is -0.276. The van der Waals surface area contributed by atoms with Gasteiger partial charge in [-0.3, -0.25) is 0 Å². The van der Waals surface area contributed by atoms with Crippen molar-refractivity contribution in [2.24, 2.45) is 5.73 Å². The van der Waals surface area contributed by atoms with E-state index >= 15 is 0 Å². The summed E-state index contributed by atoms with van der Waals surface area (Å²) in [5.74, 6) is -0.0263. The largest absolute Gasteiger partial charge is 0.508 e. The highest BCUT2D eigenvalue weighted by Gasteiger charge is 2.12. The van der Waals surface area contributed by atoms with Gasteiger partial charge in [-0.15, -0.1) is 0 Å². The number of halogens is 1. The molecular weight excluding hydrogens is 181 g/mol. The van der Waals surface area contributed by atoms with Crippen molar-refractivity contribution in [2.45, 2.75) is 26.2 Å². The van der Waals surface area contributed by atoms with Gasteiger partial charge in [0, 0.05) is 0 Å². The van der Waals surface area contributed by atoms with Gasteiger partial charge in [-0.1, -0.05) is 6.92 Å². The summed E-state index contributed by atoms with van der Waals surface area (Å²) in [6.07, 6.45) is 0.746. The zero-order valence-electron chi connectivity index (χ0n) is 8.55. The van der Waals surface area contributed by atoms with E-state index in [0.717, 1.165) is 6.42 Å². The average Bonchev–Trinajstić information content (AvgIpc) is 2.11. The van der Waals surface area contributed by atoms with Crippen molar-refractivity contribution in [1.29, 1.82) is 0 Å². The summed E-state index contributed by atoms with van der Waals surface area (Å²) in [5.41, 5.74) is 6.51. The quantitative estimate of drug-likeness (QED) is 0.781. The molecule has 0 amide bonds. The van der Waals surface area contributed by atoms with Crippen LogP contribution in [0.3, 0.4) is 0 Å². The van der Waals surface area contributed by atoms with Crippen LogP contribution in [0, 0.1) is 12.7 Å². The molecule has 0 saturated heterocycles. The maximum absolute atomic E-state index is 13.2. The Morgan fingerprint density at radius 3 is 2.71 bits per heavy atom. The van der Waals surface area contributed by atoms with Crippen LogP contribution in [-0.2, 0) is 0 Å². The first-order valence-corrected chi connectivity index (χ1v) is 4.75. The highest BCUT2D eigenvalue weighted by atomic mass is 19.1. The second-order valence-corrected chi connectivity index (χ2v) is 3.64. The van der Waals surface area contributed by atoms with Gasteiger partial charge in [0.05, 0.1) is 0 Å². The van der Waals surface area contributed by atoms with Gasteiger partial charge >= 0.3 is 0 Å². The molecular formula is C11H16FNO. The topological polar surface area (TPSA) is 46.2 Å². The zero-order valence-corrected chi connectivity index (χ0v) is 8.55. The van der Waals surface area contributed by atoms with E-state index in [2.05, 4.69) is 0 Å². The molecule has 1 aromatic carbocycles. The number of hydrogen-bond donors (Lipinski definition) is 2. The highest BCUT2D eigenvalue weighted by Crippen LogP contribution is 2.29. The Bertz CT molecular complexity index is 325. The van der Waals surface area contributed by atoms with E-state index in [9.17, 15) is 9.50 Å². The lowest BCUT2D eigenvalue weighted by molar-refractivity contribution is 0.457. The van der Waals surface area contributed by atoms with E-state index in [0.29, 0.717) is 17.7 Å². The first-order valence-electron chi connectivity index (χ1n) is 4.75. The summed E-state index contributed by atoms with van der Waals surface area (Å²) in [5, 5.41) is 9.61. The van der Waals surface area contributed by atoms with E-state index in [1.54, 1.807) is 6.92 Å². The summed E-state index contributed by atoms with van der Waals surface area (Å²) in [4.78, 5) is 0. The molecule has 0 aliphatic heterocycles. The van der Waals surface area contributed by atoms with E-state index in [4.69, 9.17) is 5.73 Å². The Morgan fingerprint density at radius 2 is 2.14 bits per heavy atom. The van der Waals surface area contributed by atoms with E-state index in [-0.39, 0.29) is 17.5 Å². The van der Waals surface area contributed by atoms with E-state index in [1.807, 2.05) is 6.92 Å². The fourth-order valence-corrected chi connectivity index (χ4v) is 1.48. The molecule has 0 heterocycles. The molecule has 1 rings (SSSR count). The smallest absolute Gasteiger partial charge is 0.126 e. The van der Waals surface area contributed by atoms with Crippen LogP contribution in [0.4, 0.5) is 4.39 Å². The van der Waals surface area contributed by atoms with Crippen LogP contribution in [0.25, 0.3) is 0 Å². The molecule has 1 unspecified atom stereocenters. The Morgan fingerprint density at radius 1 is 1.50 bits per heavy atom. The first kappa shape index (κ1) is 11.0. The summed E-state index contributed by atoms with van der Waals surface area (Å²) in [7, 11) is 0. The van der Waals surface area contributed by atoms with Crippen LogP contribution in [0.2, 0.25) is 0 Å². The molecule has 0 fully saturated rings. The summed E-state index contributed by atoms with van der Waals surface area (Å²) in [6.45, 7) is 4.10. The molecule has 2 nitrogen and oxygen atoms in total. The minimum Gasteiger partial charge on any atom is -0.508 e. The van der Waals surface area contributed by atoms with Gasteiger partial charge in [-0.25, -0.2) is 4.39 Å². The predicted molar refractivity (Wildman–Crippen MR) is 54.9 cm³/mol. The minimum absolute atomic E-state index is 0.0927. The van der Waals surface area contributed by atoms with Gasteiger partial charge < -0.3 is 10.8 Å². The van der Waals surface area contributed by atoms with E-state index in [1.165, 1.54) is 12.1 Å². The Hall–Kier alpha value is -1.09. The molecule has 0 aromatic heterocycles. The van der Waals surface area contributed by atoms with Crippen molar-refractivity contribution in [1.82, 2.24) is 0 Å². The van der Waals surface area contributed by atoms with Crippen molar-refractivity contribution in [2.75, 3.05) is 6.54 Å². The second-order valence-electron chi connectivity index (χ2n) is 3.64. The maximum atomic E-state index is 13.2. The lowest BCUT2D eigenvalue weighted by Gasteiger charge is -2.13. The van der Waals surface area contributed by atoms with Gasteiger partial charge in [0.15, 0.2) is 0 Å². The number of aromatic hydroxyl groups is 1. The third-order valence-corrected chi connectivity index (χ3v) is 2.44. The number of rotatable bonds is 3. The number of benzene rings is 1. The molecule has 1 aromatic rings. The molecule has 78 valence electrons. The van der Waals surface area contributed by atoms with E-state index < -0.39 is 0 Å². The zero-order chi connectivity index (χ0) is 10.7. The lowest BCUT2D eigenvalue weighted by Crippen LogP contribution is -2.05. The molecule has 1 atom stereocenters. The molecule has 0 radical (unpaired) electrons. The fraction of sp³-hybridized carbons (Fsp3) is 0.455. The molecule has 0 bridgehead atoms. The Kier molecular flexibility index (Phi) is 3.47. The number of nitrogens with two attached hydrogens (primary N) is 1. The SMILES string of the molecule is Cc1cc(O)c(C(C)CCN)cc1F. The third kappa shape index (κ3) is 2.23. The normalized spacial score (nSPS) is 12.9. The van der Waals surface area contributed by atoms with Crippen LogP contribution < -0.4 is 5.73 Å². The number of phenolic OH excluding ortho intramolecular Hbond substituents is 1. The summed E-state index contributed by atoms with van der Waals surface area (Å²) < 4.78 is 13.2. The number of phenols is 1. The van der Waals surface area contributed by atoms with Crippen LogP contribution >= 0.6 is 0 Å². The summed E-state index contributed by atoms with van der Waals surface area (Å²) in [6, 6.07) is 2.85. The Balaban J connectivity index is 3.02. The predicted octanol–water partition coefficient (Wildman–Crippen LogP) is 2.29. The van der Waals surface area contributed by atoms with Crippen molar-refractivity contribution < 1.29 is 9.50 Å². The fourth-order valence-electron chi connectivity index (χ4n) is 1.48. The molecule has 0 saturated carbocycles. The maximum Gasteiger partial charge on any atom is 0.126 e. The van der Waals surface area contributed by atoms with Gasteiger partial charge in [0.1, 0.15) is 11.6 Å². The molecule has 0 aliphatic carbocycles. The molecule has 14 heavy (non-hydrogen) atoms. The van der Waals surface area contributed by atoms with Gasteiger partial charge in [0.2, 0.25) is 0 Å². The van der Waals surface area contributed by atoms with Crippen LogP contribution in [-0.4, -0.2) is 11.7 Å². The monoisotopic (exact) mass is 197 g/mol. The van der Waals surface area contributed by atoms with Gasteiger partial charge in [0.25, 0.3) is 0 Å². The van der Waals surface area contributed by atoms with Crippen molar-refractivity contribution >= 4 is 0 Å². The molecule has 0 spiro atoms. The molecule has 0 aliphatic rings. The third-order valence-electron chi connectivity index (χ3n) is 2.44. The van der Waals surface area contributed by atoms with Crippen molar-refractivity contribution in [3.8, 4) is 5.75 Å². The van der Waals surface area contributed by atoms with Crippen molar-refractivity contribution in [3.05, 3.63) is 29.1 Å². The first-order chi connectivity index (χ1) is 6.56. The number of hydrogen-bond acceptors (Lipinski definition) is 2. The summed E-state index contributed by atoms with van der Waals surface area (Å²) >= 11 is 0. The number of aryl methyl sites for hydroxylation is 1. The molecule has 3 N–H and O–H groups in total. The van der Waals surface area contributed by atoms with Gasteiger partial charge in [-0.2, -0.15) is 0 Å².